The third kappa shape index (κ3) is 4.18. The average molecular weight is 392 g/mol. The molecule has 4 rings (SSSR count). The molecule has 3 aromatic rings. The number of anilines is 2. The summed E-state index contributed by atoms with van der Waals surface area (Å²) in [5.41, 5.74) is 2.10. The van der Waals surface area contributed by atoms with Crippen LogP contribution in [0, 0.1) is 6.92 Å². The molecule has 1 amide bonds. The van der Waals surface area contributed by atoms with Crippen molar-refractivity contribution >= 4 is 17.7 Å². The van der Waals surface area contributed by atoms with Crippen molar-refractivity contribution in [3.63, 3.8) is 0 Å². The molecule has 150 valence electrons. The van der Waals surface area contributed by atoms with Crippen molar-refractivity contribution in [3.8, 4) is 5.69 Å². The molecule has 1 saturated heterocycles. The van der Waals surface area contributed by atoms with Crippen molar-refractivity contribution in [1.29, 1.82) is 0 Å². The van der Waals surface area contributed by atoms with Gasteiger partial charge in [0.1, 0.15) is 5.82 Å². The van der Waals surface area contributed by atoms with E-state index in [1.165, 1.54) is 11.0 Å². The number of nitrogens with zero attached hydrogens (tertiary/aromatic N) is 7. The second kappa shape index (κ2) is 8.26. The zero-order chi connectivity index (χ0) is 20.2. The molecular formula is C20H24N8O. The highest BCUT2D eigenvalue weighted by molar-refractivity contribution is 5.92. The van der Waals surface area contributed by atoms with E-state index in [2.05, 4.69) is 30.4 Å². The van der Waals surface area contributed by atoms with Crippen molar-refractivity contribution in [1.82, 2.24) is 29.9 Å². The first-order chi connectivity index (χ1) is 14.1. The Morgan fingerprint density at radius 3 is 2.59 bits per heavy atom. The van der Waals surface area contributed by atoms with Gasteiger partial charge in [0.2, 0.25) is 5.95 Å². The lowest BCUT2D eigenvalue weighted by atomic mass is 10.2. The van der Waals surface area contributed by atoms with Crippen LogP contribution in [0.25, 0.3) is 5.69 Å². The number of piperazine rings is 1. The molecule has 1 aliphatic heterocycles. The molecule has 0 unspecified atom stereocenters. The molecule has 1 aromatic carbocycles. The first-order valence-corrected chi connectivity index (χ1v) is 9.75. The summed E-state index contributed by atoms with van der Waals surface area (Å²) in [4.78, 5) is 27.3. The Morgan fingerprint density at radius 1 is 1.10 bits per heavy atom. The third-order valence-corrected chi connectivity index (χ3v) is 4.76. The van der Waals surface area contributed by atoms with Crippen LogP contribution in [0.15, 0.2) is 42.6 Å². The maximum absolute atomic E-state index is 12.8. The van der Waals surface area contributed by atoms with Crippen LogP contribution in [-0.2, 0) is 0 Å². The van der Waals surface area contributed by atoms with Crippen molar-refractivity contribution in [3.05, 3.63) is 54.0 Å². The molecule has 9 heteroatoms. The number of hydrogen-bond acceptors (Lipinski definition) is 7. The minimum absolute atomic E-state index is 0.0981. The molecule has 29 heavy (non-hydrogen) atoms. The number of para-hydroxylation sites is 1. The summed E-state index contributed by atoms with van der Waals surface area (Å²) in [5.74, 6) is 1.42. The van der Waals surface area contributed by atoms with Crippen molar-refractivity contribution in [2.75, 3.05) is 42.9 Å². The number of hydrogen-bond donors (Lipinski definition) is 1. The highest BCUT2D eigenvalue weighted by Crippen LogP contribution is 2.18. The fraction of sp³-hybridized carbons (Fsp3) is 0.350. The van der Waals surface area contributed by atoms with E-state index in [0.29, 0.717) is 37.8 Å². The van der Waals surface area contributed by atoms with Crippen LogP contribution in [0.2, 0.25) is 0 Å². The van der Waals surface area contributed by atoms with Crippen LogP contribution in [0.4, 0.5) is 11.8 Å². The fourth-order valence-electron chi connectivity index (χ4n) is 3.30. The lowest BCUT2D eigenvalue weighted by Crippen LogP contribution is -2.49. The van der Waals surface area contributed by atoms with E-state index in [-0.39, 0.29) is 5.91 Å². The SMILES string of the molecule is CCNc1nc(C)cc(N2CCN(C(=O)c3cnn(-c4ccccc4)n3)CC2)n1. The Bertz CT molecular complexity index is 979. The van der Waals surface area contributed by atoms with Gasteiger partial charge < -0.3 is 15.1 Å². The van der Waals surface area contributed by atoms with Gasteiger partial charge in [0.15, 0.2) is 5.69 Å². The predicted molar refractivity (Wildman–Crippen MR) is 110 cm³/mol. The van der Waals surface area contributed by atoms with Crippen LogP contribution in [0.3, 0.4) is 0 Å². The Morgan fingerprint density at radius 2 is 1.86 bits per heavy atom. The maximum atomic E-state index is 12.8. The normalized spacial score (nSPS) is 14.1. The van der Waals surface area contributed by atoms with E-state index in [4.69, 9.17) is 0 Å². The molecular weight excluding hydrogens is 368 g/mol. The maximum Gasteiger partial charge on any atom is 0.276 e. The van der Waals surface area contributed by atoms with E-state index >= 15 is 0 Å². The quantitative estimate of drug-likeness (QED) is 0.707. The van der Waals surface area contributed by atoms with Crippen LogP contribution in [0.1, 0.15) is 23.1 Å². The number of carbonyl (C=O) groups excluding carboxylic acids is 1. The average Bonchev–Trinajstić information content (AvgIpc) is 3.24. The molecule has 1 fully saturated rings. The number of aromatic nitrogens is 5. The van der Waals surface area contributed by atoms with E-state index in [9.17, 15) is 4.79 Å². The van der Waals surface area contributed by atoms with Gasteiger partial charge in [-0.15, -0.1) is 5.10 Å². The molecule has 0 spiro atoms. The second-order valence-corrected chi connectivity index (χ2v) is 6.86. The molecule has 3 heterocycles. The monoisotopic (exact) mass is 392 g/mol. The first kappa shape index (κ1) is 18.9. The van der Waals surface area contributed by atoms with Crippen molar-refractivity contribution in [2.24, 2.45) is 0 Å². The fourth-order valence-corrected chi connectivity index (χ4v) is 3.30. The van der Waals surface area contributed by atoms with E-state index in [1.807, 2.05) is 55.1 Å². The molecule has 2 aromatic heterocycles. The number of benzene rings is 1. The zero-order valence-electron chi connectivity index (χ0n) is 16.6. The predicted octanol–water partition coefficient (Wildman–Crippen LogP) is 1.76. The minimum Gasteiger partial charge on any atom is -0.354 e. The standard InChI is InChI=1S/C20H24N8O/c1-3-21-20-23-15(2)13-18(24-20)26-9-11-27(12-10-26)19(29)17-14-22-28(25-17)16-7-5-4-6-8-16/h4-8,13-14H,3,9-12H2,1-2H3,(H,21,23,24). The van der Waals surface area contributed by atoms with Gasteiger partial charge in [0.25, 0.3) is 5.91 Å². The van der Waals surface area contributed by atoms with Crippen LogP contribution in [-0.4, -0.2) is 68.5 Å². The Hall–Kier alpha value is -3.49. The van der Waals surface area contributed by atoms with Gasteiger partial charge in [-0.25, -0.2) is 4.98 Å². The summed E-state index contributed by atoms with van der Waals surface area (Å²) in [6, 6.07) is 11.5. The molecule has 0 saturated carbocycles. The van der Waals surface area contributed by atoms with Crippen LogP contribution < -0.4 is 10.2 Å². The summed E-state index contributed by atoms with van der Waals surface area (Å²) in [6.45, 7) is 7.38. The number of amides is 1. The lowest BCUT2D eigenvalue weighted by Gasteiger charge is -2.35. The summed E-state index contributed by atoms with van der Waals surface area (Å²) in [5, 5.41) is 11.7. The van der Waals surface area contributed by atoms with Crippen molar-refractivity contribution in [2.45, 2.75) is 13.8 Å². The van der Waals surface area contributed by atoms with E-state index in [1.54, 1.807) is 0 Å². The minimum atomic E-state index is -0.0981. The Kier molecular flexibility index (Phi) is 5.37. The van der Waals surface area contributed by atoms with Gasteiger partial charge in [-0.1, -0.05) is 18.2 Å². The van der Waals surface area contributed by atoms with Gasteiger partial charge in [0, 0.05) is 44.5 Å². The van der Waals surface area contributed by atoms with Gasteiger partial charge >= 0.3 is 0 Å². The number of nitrogens with one attached hydrogen (secondary N) is 1. The van der Waals surface area contributed by atoms with E-state index in [0.717, 1.165) is 23.7 Å². The zero-order valence-corrected chi connectivity index (χ0v) is 16.6. The third-order valence-electron chi connectivity index (χ3n) is 4.76. The second-order valence-electron chi connectivity index (χ2n) is 6.86. The summed E-state index contributed by atoms with van der Waals surface area (Å²) in [6.07, 6.45) is 1.53. The van der Waals surface area contributed by atoms with Gasteiger partial charge in [-0.2, -0.15) is 14.9 Å². The number of aryl methyl sites for hydroxylation is 1. The number of rotatable bonds is 5. The Labute approximate surface area is 169 Å². The molecule has 0 aliphatic carbocycles. The van der Waals surface area contributed by atoms with Gasteiger partial charge in [-0.05, 0) is 26.0 Å². The van der Waals surface area contributed by atoms with Crippen molar-refractivity contribution < 1.29 is 4.79 Å². The molecule has 9 nitrogen and oxygen atoms in total. The van der Waals surface area contributed by atoms with Crippen LogP contribution in [0.5, 0.6) is 0 Å². The first-order valence-electron chi connectivity index (χ1n) is 9.75. The smallest absolute Gasteiger partial charge is 0.276 e. The highest BCUT2D eigenvalue weighted by atomic mass is 16.2. The lowest BCUT2D eigenvalue weighted by molar-refractivity contribution is 0.0740. The Balaban J connectivity index is 1.41. The van der Waals surface area contributed by atoms with Crippen LogP contribution >= 0.6 is 0 Å². The largest absolute Gasteiger partial charge is 0.354 e. The molecule has 1 N–H and O–H groups in total. The highest BCUT2D eigenvalue weighted by Gasteiger charge is 2.25. The molecule has 0 bridgehead atoms. The molecule has 0 atom stereocenters. The van der Waals surface area contributed by atoms with Gasteiger partial charge in [0.05, 0.1) is 11.9 Å². The summed E-state index contributed by atoms with van der Waals surface area (Å²) < 4.78 is 0. The topological polar surface area (TPSA) is 92.1 Å². The van der Waals surface area contributed by atoms with Gasteiger partial charge in [-0.3, -0.25) is 4.79 Å². The summed E-state index contributed by atoms with van der Waals surface area (Å²) >= 11 is 0. The molecule has 0 radical (unpaired) electrons. The molecule has 1 aliphatic rings. The summed E-state index contributed by atoms with van der Waals surface area (Å²) in [7, 11) is 0. The number of carbonyl (C=O) groups is 1. The van der Waals surface area contributed by atoms with E-state index < -0.39 is 0 Å².